The summed E-state index contributed by atoms with van der Waals surface area (Å²) in [5.41, 5.74) is -0.444. The van der Waals surface area contributed by atoms with Gasteiger partial charge in [-0.25, -0.2) is 8.78 Å². The molecule has 1 aromatic heterocycles. The third-order valence-corrected chi connectivity index (χ3v) is 4.76. The third kappa shape index (κ3) is 2.55. The lowest BCUT2D eigenvalue weighted by Gasteiger charge is -2.12. The van der Waals surface area contributed by atoms with E-state index in [0.29, 0.717) is 5.47 Å². The lowest BCUT2D eigenvalue weighted by molar-refractivity contribution is -0.111. The van der Waals surface area contributed by atoms with E-state index in [4.69, 9.17) is 4.42 Å². The van der Waals surface area contributed by atoms with Crippen LogP contribution in [-0.2, 0) is 4.79 Å². The van der Waals surface area contributed by atoms with Crippen LogP contribution >= 0.6 is 15.9 Å². The van der Waals surface area contributed by atoms with Crippen LogP contribution in [0.15, 0.2) is 27.3 Å². The quantitative estimate of drug-likeness (QED) is 0.442. The molecule has 9 heteroatoms. The monoisotopic (exact) mass is 408 g/mol. The van der Waals surface area contributed by atoms with E-state index in [9.17, 15) is 23.2 Å². The number of Topliss-reactive ketones (excluding diaryl/α,β-unsaturated/α-hetero) is 2. The van der Waals surface area contributed by atoms with E-state index < -0.39 is 34.7 Å². The minimum atomic E-state index is -1.07. The molecule has 0 N–H and O–H groups in total. The summed E-state index contributed by atoms with van der Waals surface area (Å²) in [5, 5.41) is 0. The first-order valence-electron chi connectivity index (χ1n) is 6.92. The number of ether oxygens (including phenoxy) is 1. The molecule has 0 amide bonds. The Kier molecular flexibility index (Phi) is 4.20. The first-order chi connectivity index (χ1) is 11.8. The number of allylic oxidation sites excluding steroid dienone is 1. The summed E-state index contributed by atoms with van der Waals surface area (Å²) in [4.78, 5) is 36.8. The Hall–Kier alpha value is -2.55. The largest absolute Gasteiger partial charge is 0.491 e. The van der Waals surface area contributed by atoms with Crippen LogP contribution in [0.1, 0.15) is 32.0 Å². The van der Waals surface area contributed by atoms with Gasteiger partial charge in [0.15, 0.2) is 23.2 Å². The number of hydrogen-bond acceptors (Lipinski definition) is 5. The molecule has 0 spiro atoms. The Bertz CT molecular complexity index is 969. The van der Waals surface area contributed by atoms with Gasteiger partial charge in [-0.2, -0.15) is 0 Å². The predicted molar refractivity (Wildman–Crippen MR) is 88.8 cm³/mol. The van der Waals surface area contributed by atoms with Gasteiger partial charge >= 0.3 is 0 Å². The molecule has 1 aromatic carbocycles. The zero-order valence-electron chi connectivity index (χ0n) is 12.9. The predicted octanol–water partition coefficient (Wildman–Crippen LogP) is 2.26. The standard InChI is InChI=1S/C16H8BBrF2O5/c1-24-15-7(19)2-5(3-8(15)20)12(21)6-4-25-16-9(6)13(22)14(23)11(18)10(16)17/h2-4H,17H2,1H3. The number of halogens is 3. The molecule has 0 atom stereocenters. The van der Waals surface area contributed by atoms with Crippen molar-refractivity contribution in [2.75, 3.05) is 7.11 Å². The molecule has 1 heterocycles. The molecule has 1 aliphatic rings. The molecule has 0 saturated heterocycles. The minimum absolute atomic E-state index is 0.0416. The van der Waals surface area contributed by atoms with Crippen LogP contribution in [0, 0.1) is 11.6 Å². The van der Waals surface area contributed by atoms with E-state index in [1.54, 1.807) is 0 Å². The molecule has 0 bridgehead atoms. The van der Waals surface area contributed by atoms with Crippen molar-refractivity contribution >= 4 is 46.6 Å². The molecule has 126 valence electrons. The summed E-state index contributed by atoms with van der Waals surface area (Å²) >= 11 is 3.01. The van der Waals surface area contributed by atoms with Crippen molar-refractivity contribution in [2.24, 2.45) is 0 Å². The van der Waals surface area contributed by atoms with E-state index in [2.05, 4.69) is 20.7 Å². The maximum atomic E-state index is 13.8. The maximum Gasteiger partial charge on any atom is 0.240 e. The molecule has 2 aromatic rings. The normalized spacial score (nSPS) is 13.9. The number of hydrogen-bond donors (Lipinski definition) is 0. The van der Waals surface area contributed by atoms with E-state index in [1.165, 1.54) is 7.85 Å². The molecule has 0 aliphatic heterocycles. The number of ketones is 3. The maximum absolute atomic E-state index is 13.8. The summed E-state index contributed by atoms with van der Waals surface area (Å²) < 4.78 is 37.5. The summed E-state index contributed by atoms with van der Waals surface area (Å²) in [7, 11) is 2.63. The molecule has 3 rings (SSSR count). The molecule has 25 heavy (non-hydrogen) atoms. The van der Waals surface area contributed by atoms with Crippen LogP contribution in [0.4, 0.5) is 8.78 Å². The van der Waals surface area contributed by atoms with E-state index in [1.807, 2.05) is 0 Å². The van der Waals surface area contributed by atoms with Gasteiger partial charge in [-0.3, -0.25) is 14.4 Å². The van der Waals surface area contributed by atoms with Gasteiger partial charge in [0.1, 0.15) is 19.9 Å². The highest BCUT2D eigenvalue weighted by Gasteiger charge is 2.36. The molecule has 0 saturated carbocycles. The highest BCUT2D eigenvalue weighted by atomic mass is 79.9. The second-order valence-electron chi connectivity index (χ2n) is 5.25. The van der Waals surface area contributed by atoms with E-state index in [-0.39, 0.29) is 26.9 Å². The van der Waals surface area contributed by atoms with Crippen LogP contribution in [0.25, 0.3) is 5.47 Å². The van der Waals surface area contributed by atoms with Gasteiger partial charge in [0.2, 0.25) is 11.6 Å². The number of fused-ring (bicyclic) bond motifs is 1. The number of carbonyl (C=O) groups excluding carboxylic acids is 3. The lowest BCUT2D eigenvalue weighted by atomic mass is 9.82. The smallest absolute Gasteiger partial charge is 0.240 e. The van der Waals surface area contributed by atoms with Crippen LogP contribution in [0.5, 0.6) is 5.75 Å². The molecular formula is C16H8BBrF2O5. The summed E-state index contributed by atoms with van der Waals surface area (Å²) in [6.07, 6.45) is 0.993. The number of furan rings is 1. The Morgan fingerprint density at radius 2 is 1.80 bits per heavy atom. The number of methoxy groups -OCH3 is 1. The molecule has 0 radical (unpaired) electrons. The van der Waals surface area contributed by atoms with Crippen molar-refractivity contribution in [3.63, 3.8) is 0 Å². The second kappa shape index (κ2) is 6.07. The van der Waals surface area contributed by atoms with Crippen LogP contribution in [0.3, 0.4) is 0 Å². The summed E-state index contributed by atoms with van der Waals surface area (Å²) in [6.45, 7) is 0. The SMILES string of the molecule is BC1=C(Br)C(=O)C(=O)c2c(C(=O)c3cc(F)c(OC)c(F)c3)coc21. The highest BCUT2D eigenvalue weighted by molar-refractivity contribution is 9.12. The zero-order valence-corrected chi connectivity index (χ0v) is 14.5. The molecular weight excluding hydrogens is 401 g/mol. The van der Waals surface area contributed by atoms with Crippen molar-refractivity contribution in [3.8, 4) is 5.75 Å². The molecule has 0 unspecified atom stereocenters. The van der Waals surface area contributed by atoms with Gasteiger partial charge in [-0.15, -0.1) is 0 Å². The van der Waals surface area contributed by atoms with Crippen molar-refractivity contribution < 1.29 is 32.3 Å². The van der Waals surface area contributed by atoms with E-state index in [0.717, 1.165) is 25.5 Å². The van der Waals surface area contributed by atoms with Gasteiger partial charge in [0.25, 0.3) is 0 Å². The number of benzene rings is 1. The van der Waals surface area contributed by atoms with Crippen molar-refractivity contribution in [2.45, 2.75) is 0 Å². The Morgan fingerprint density at radius 3 is 2.36 bits per heavy atom. The van der Waals surface area contributed by atoms with E-state index >= 15 is 0 Å². The Balaban J connectivity index is 2.15. The Morgan fingerprint density at radius 1 is 1.20 bits per heavy atom. The van der Waals surface area contributed by atoms with Gasteiger partial charge in [0.05, 0.1) is 22.7 Å². The molecule has 1 aliphatic carbocycles. The number of rotatable bonds is 3. The zero-order chi connectivity index (χ0) is 18.5. The fourth-order valence-corrected chi connectivity index (χ4v) is 2.91. The van der Waals surface area contributed by atoms with Crippen LogP contribution < -0.4 is 4.74 Å². The van der Waals surface area contributed by atoms with Crippen LogP contribution in [-0.4, -0.2) is 32.3 Å². The van der Waals surface area contributed by atoms with Crippen molar-refractivity contribution in [1.29, 1.82) is 0 Å². The average molecular weight is 409 g/mol. The first kappa shape index (κ1) is 17.3. The molecule has 5 nitrogen and oxygen atoms in total. The molecule has 0 fully saturated rings. The topological polar surface area (TPSA) is 73.6 Å². The second-order valence-corrected chi connectivity index (χ2v) is 6.05. The van der Waals surface area contributed by atoms with Gasteiger partial charge in [-0.1, -0.05) is 0 Å². The lowest BCUT2D eigenvalue weighted by Crippen LogP contribution is -2.23. The fourth-order valence-electron chi connectivity index (χ4n) is 2.55. The summed E-state index contributed by atoms with van der Waals surface area (Å²) in [5.74, 6) is -5.30. The highest BCUT2D eigenvalue weighted by Crippen LogP contribution is 2.35. The van der Waals surface area contributed by atoms with Crippen molar-refractivity contribution in [3.05, 3.63) is 57.0 Å². The van der Waals surface area contributed by atoms with Gasteiger partial charge < -0.3 is 9.15 Å². The van der Waals surface area contributed by atoms with Gasteiger partial charge in [0, 0.05) is 5.56 Å². The average Bonchev–Trinajstić information content (AvgIpc) is 3.02. The number of carbonyl (C=O) groups is 3. The summed E-state index contributed by atoms with van der Waals surface area (Å²) in [6, 6.07) is 1.58. The first-order valence-corrected chi connectivity index (χ1v) is 7.72. The van der Waals surface area contributed by atoms with Crippen LogP contribution in [0.2, 0.25) is 0 Å². The van der Waals surface area contributed by atoms with Crippen molar-refractivity contribution in [1.82, 2.24) is 0 Å². The Labute approximate surface area is 149 Å². The fraction of sp³-hybridized carbons (Fsp3) is 0.0625. The van der Waals surface area contributed by atoms with Gasteiger partial charge in [-0.05, 0) is 33.5 Å². The third-order valence-electron chi connectivity index (χ3n) is 3.80. The minimum Gasteiger partial charge on any atom is -0.491 e.